The van der Waals surface area contributed by atoms with Crippen molar-refractivity contribution in [2.45, 2.75) is 246 Å². The number of fused-ring (bicyclic) bond motifs is 1. The standard InChI is InChI=1S/C46H76N2.C17H22O6/c1-6-11-16-17-18-19-20-21-22-23-24-25-26-27-32-46(48-45-36-34-41(29-13-8-3)43(38-45)31-15-10-5)39-47-44-35-33-40(28-12-7-2)42(37-44)30-14-9-4;1-2-9-3-11-4-10(6-13(20)16(11)12(19)5-9)7-14(21)17(23)15(22)8-18/h33-39H,6-32H2,1-5H3;3-6,14-15,17-23H,2,7-8H2,1H3. The van der Waals surface area contributed by atoms with Gasteiger partial charge in [-0.25, -0.2) is 0 Å². The number of phenols is 2. The summed E-state index contributed by atoms with van der Waals surface area (Å²) in [5.74, 6) is -0.137. The van der Waals surface area contributed by atoms with Crippen molar-refractivity contribution in [1.29, 1.82) is 0 Å². The molecule has 0 aliphatic heterocycles. The molecule has 3 unspecified atom stereocenters. The van der Waals surface area contributed by atoms with Crippen LogP contribution in [0, 0.1) is 0 Å². The van der Waals surface area contributed by atoms with Crippen LogP contribution in [0.4, 0.5) is 11.4 Å². The van der Waals surface area contributed by atoms with Crippen LogP contribution in [0.3, 0.4) is 0 Å². The summed E-state index contributed by atoms with van der Waals surface area (Å²) in [6.07, 6.45) is 33.6. The van der Waals surface area contributed by atoms with Crippen LogP contribution in [0.5, 0.6) is 11.5 Å². The molecule has 0 amide bonds. The fraction of sp³-hybridized carbons (Fsp3) is 0.619. The SMILES string of the molecule is CCCCCCCCCCCCCCCCC(C=Nc1ccc(CCCC)c(CCCC)c1)=Nc1ccc(CCCC)c(CCCC)c1.CCc1cc(O)c2c(O)cc(CC(O)C(O)C(O)CO)cc2c1. The van der Waals surface area contributed by atoms with Crippen LogP contribution in [0.25, 0.3) is 10.8 Å². The molecule has 6 N–H and O–H groups in total. The summed E-state index contributed by atoms with van der Waals surface area (Å²) in [7, 11) is 0. The molecule has 0 saturated carbocycles. The number of aliphatic imine (C=N–C) groups is 2. The molecule has 0 saturated heterocycles. The summed E-state index contributed by atoms with van der Waals surface area (Å²) in [4.78, 5) is 10.3. The Morgan fingerprint density at radius 2 is 0.915 bits per heavy atom. The zero-order valence-electron chi connectivity index (χ0n) is 45.4. The summed E-state index contributed by atoms with van der Waals surface area (Å²) >= 11 is 0. The number of hydrogen-bond acceptors (Lipinski definition) is 8. The van der Waals surface area contributed by atoms with Gasteiger partial charge in [-0.05, 0) is 146 Å². The minimum Gasteiger partial charge on any atom is -0.507 e. The van der Waals surface area contributed by atoms with Gasteiger partial charge in [0.05, 0.1) is 35.2 Å². The van der Waals surface area contributed by atoms with Gasteiger partial charge in [0.1, 0.15) is 23.7 Å². The number of aliphatic hydroxyl groups excluding tert-OH is 4. The maximum Gasteiger partial charge on any atom is 0.127 e. The number of aliphatic hydroxyl groups is 4. The van der Waals surface area contributed by atoms with E-state index in [4.69, 9.17) is 15.1 Å². The van der Waals surface area contributed by atoms with E-state index in [1.54, 1.807) is 12.1 Å². The van der Waals surface area contributed by atoms with Crippen LogP contribution in [-0.2, 0) is 38.5 Å². The van der Waals surface area contributed by atoms with Crippen LogP contribution in [0.1, 0.15) is 223 Å². The Bertz CT molecular complexity index is 2110. The fourth-order valence-corrected chi connectivity index (χ4v) is 9.40. The highest BCUT2D eigenvalue weighted by molar-refractivity contribution is 6.31. The maximum atomic E-state index is 10.1. The molecule has 0 fully saturated rings. The Morgan fingerprint density at radius 3 is 1.41 bits per heavy atom. The Labute approximate surface area is 431 Å². The average Bonchev–Trinajstić information content (AvgIpc) is 3.37. The van der Waals surface area contributed by atoms with E-state index in [0.29, 0.717) is 16.3 Å². The molecule has 396 valence electrons. The predicted molar refractivity (Wildman–Crippen MR) is 303 cm³/mol. The first-order valence-electron chi connectivity index (χ1n) is 28.5. The topological polar surface area (TPSA) is 146 Å². The van der Waals surface area contributed by atoms with Crippen molar-refractivity contribution in [3.8, 4) is 11.5 Å². The number of benzene rings is 4. The molecule has 4 aromatic rings. The molecule has 0 bridgehead atoms. The molecule has 8 nitrogen and oxygen atoms in total. The van der Waals surface area contributed by atoms with Crippen molar-refractivity contribution in [3.05, 3.63) is 94.0 Å². The molecule has 0 heterocycles. The number of aromatic hydroxyl groups is 2. The lowest BCUT2D eigenvalue weighted by molar-refractivity contribution is -0.0755. The first kappa shape index (κ1) is 61.2. The molecule has 0 aromatic heterocycles. The predicted octanol–water partition coefficient (Wildman–Crippen LogP) is 15.8. The minimum atomic E-state index is -1.49. The number of rotatable bonds is 36. The van der Waals surface area contributed by atoms with Crippen LogP contribution in [0.15, 0.2) is 70.6 Å². The fourth-order valence-electron chi connectivity index (χ4n) is 9.40. The normalized spacial score (nSPS) is 13.2. The van der Waals surface area contributed by atoms with Gasteiger partial charge in [-0.15, -0.1) is 0 Å². The van der Waals surface area contributed by atoms with Gasteiger partial charge < -0.3 is 30.6 Å². The number of unbranched alkanes of at least 4 members (excludes halogenated alkanes) is 17. The van der Waals surface area contributed by atoms with E-state index < -0.39 is 24.9 Å². The zero-order chi connectivity index (χ0) is 51.6. The highest BCUT2D eigenvalue weighted by atomic mass is 16.4. The first-order valence-corrected chi connectivity index (χ1v) is 28.5. The molecule has 3 atom stereocenters. The summed E-state index contributed by atoms with van der Waals surface area (Å²) in [6, 6.07) is 20.4. The summed E-state index contributed by atoms with van der Waals surface area (Å²) in [6.45, 7) is 12.8. The summed E-state index contributed by atoms with van der Waals surface area (Å²) in [5, 5.41) is 58.9. The highest BCUT2D eigenvalue weighted by Crippen LogP contribution is 2.36. The molecule has 0 radical (unpaired) electrons. The largest absolute Gasteiger partial charge is 0.507 e. The van der Waals surface area contributed by atoms with Gasteiger partial charge in [-0.3, -0.25) is 9.98 Å². The van der Waals surface area contributed by atoms with Gasteiger partial charge in [-0.1, -0.05) is 175 Å². The van der Waals surface area contributed by atoms with E-state index in [2.05, 4.69) is 77.2 Å². The lowest BCUT2D eigenvalue weighted by Gasteiger charge is -2.21. The third kappa shape index (κ3) is 23.6. The molecule has 0 spiro atoms. The van der Waals surface area contributed by atoms with Crippen molar-refractivity contribution in [2.75, 3.05) is 6.61 Å². The van der Waals surface area contributed by atoms with E-state index in [0.717, 1.165) is 48.3 Å². The van der Waals surface area contributed by atoms with Crippen LogP contribution in [0.2, 0.25) is 0 Å². The third-order valence-electron chi connectivity index (χ3n) is 14.0. The van der Waals surface area contributed by atoms with Crippen molar-refractivity contribution in [1.82, 2.24) is 0 Å². The number of hydrogen-bond donors (Lipinski definition) is 6. The zero-order valence-corrected chi connectivity index (χ0v) is 45.4. The highest BCUT2D eigenvalue weighted by Gasteiger charge is 2.25. The molecule has 4 aromatic carbocycles. The van der Waals surface area contributed by atoms with Crippen LogP contribution >= 0.6 is 0 Å². The van der Waals surface area contributed by atoms with E-state index >= 15 is 0 Å². The Hall–Kier alpha value is -4.08. The molecule has 8 heteroatoms. The van der Waals surface area contributed by atoms with Gasteiger partial charge in [0.25, 0.3) is 0 Å². The van der Waals surface area contributed by atoms with E-state index in [1.807, 2.05) is 13.0 Å². The lowest BCUT2D eigenvalue weighted by Crippen LogP contribution is -2.40. The molecule has 4 rings (SSSR count). The van der Waals surface area contributed by atoms with Crippen molar-refractivity contribution >= 4 is 34.1 Å². The van der Waals surface area contributed by atoms with E-state index in [9.17, 15) is 25.5 Å². The minimum absolute atomic E-state index is 0.0142. The van der Waals surface area contributed by atoms with Crippen molar-refractivity contribution < 1.29 is 30.6 Å². The van der Waals surface area contributed by atoms with Gasteiger partial charge >= 0.3 is 0 Å². The van der Waals surface area contributed by atoms with Crippen molar-refractivity contribution in [3.63, 3.8) is 0 Å². The van der Waals surface area contributed by atoms with Gasteiger partial charge in [0.15, 0.2) is 0 Å². The Balaban J connectivity index is 0.000000480. The van der Waals surface area contributed by atoms with E-state index in [1.165, 1.54) is 182 Å². The van der Waals surface area contributed by atoms with Crippen molar-refractivity contribution in [2.24, 2.45) is 9.98 Å². The van der Waals surface area contributed by atoms with E-state index in [-0.39, 0.29) is 17.9 Å². The average molecular weight is 979 g/mol. The second kappa shape index (κ2) is 36.8. The molecule has 0 aliphatic rings. The number of nitrogens with zero attached hydrogens (tertiary/aromatic N) is 2. The molecular formula is C63H98N2O6. The quantitative estimate of drug-likeness (QED) is 0.0198. The van der Waals surface area contributed by atoms with Gasteiger partial charge in [-0.2, -0.15) is 0 Å². The summed E-state index contributed by atoms with van der Waals surface area (Å²) in [5.41, 5.74) is 10.8. The number of phenolic OH excluding ortho intramolecular Hbond substituents is 2. The maximum absolute atomic E-state index is 10.1. The Morgan fingerprint density at radius 1 is 0.479 bits per heavy atom. The molecule has 0 aliphatic carbocycles. The van der Waals surface area contributed by atoms with Crippen LogP contribution < -0.4 is 0 Å². The van der Waals surface area contributed by atoms with Gasteiger partial charge in [0.2, 0.25) is 0 Å². The second-order valence-electron chi connectivity index (χ2n) is 20.2. The first-order chi connectivity index (χ1) is 34.5. The third-order valence-corrected chi connectivity index (χ3v) is 14.0. The lowest BCUT2D eigenvalue weighted by atomic mass is 9.96. The van der Waals surface area contributed by atoms with Gasteiger partial charge in [0, 0.05) is 12.6 Å². The Kier molecular flexibility index (Phi) is 31.7. The summed E-state index contributed by atoms with van der Waals surface area (Å²) < 4.78 is 0. The monoisotopic (exact) mass is 979 g/mol. The second-order valence-corrected chi connectivity index (χ2v) is 20.2. The smallest absolute Gasteiger partial charge is 0.127 e. The number of aryl methyl sites for hydroxylation is 5. The van der Waals surface area contributed by atoms with Crippen LogP contribution in [-0.4, -0.2) is 67.5 Å². The molecular weight excluding hydrogens is 881 g/mol. The molecule has 71 heavy (non-hydrogen) atoms.